The molecule has 2 saturated carbocycles. The molecule has 2 aliphatic heterocycles. The van der Waals surface area contributed by atoms with Gasteiger partial charge >= 0.3 is 5.97 Å². The second-order valence-electron chi connectivity index (χ2n) is 10.0. The van der Waals surface area contributed by atoms with Crippen molar-refractivity contribution < 1.29 is 14.3 Å². The zero-order valence-corrected chi connectivity index (χ0v) is 15.4. The van der Waals surface area contributed by atoms with Crippen molar-refractivity contribution in [1.29, 1.82) is 0 Å². The van der Waals surface area contributed by atoms with Gasteiger partial charge in [-0.15, -0.1) is 0 Å². The molecule has 0 aromatic rings. The van der Waals surface area contributed by atoms with Crippen molar-refractivity contribution in [2.24, 2.45) is 28.6 Å². The molecule has 23 heavy (non-hydrogen) atoms. The monoisotopic (exact) mass is 320 g/mol. The number of hydrogen-bond donors (Lipinski definition) is 0. The second kappa shape index (κ2) is 4.53. The van der Waals surface area contributed by atoms with Crippen LogP contribution in [0.25, 0.3) is 0 Å². The highest BCUT2D eigenvalue weighted by Gasteiger charge is 2.68. The summed E-state index contributed by atoms with van der Waals surface area (Å²) in [5.41, 5.74) is 0.604. The summed E-state index contributed by atoms with van der Waals surface area (Å²) in [4.78, 5) is 11.9. The molecule has 0 amide bonds. The fourth-order valence-electron chi connectivity index (χ4n) is 7.00. The van der Waals surface area contributed by atoms with E-state index in [1.165, 1.54) is 25.7 Å². The van der Waals surface area contributed by atoms with Gasteiger partial charge in [-0.2, -0.15) is 0 Å². The number of rotatable bonds is 0. The van der Waals surface area contributed by atoms with Crippen LogP contribution in [-0.4, -0.2) is 17.4 Å². The van der Waals surface area contributed by atoms with Crippen LogP contribution in [0, 0.1) is 28.6 Å². The molecule has 6 atom stereocenters. The van der Waals surface area contributed by atoms with Crippen LogP contribution < -0.4 is 0 Å². The van der Waals surface area contributed by atoms with E-state index in [4.69, 9.17) is 9.47 Å². The van der Waals surface area contributed by atoms with Crippen molar-refractivity contribution in [1.82, 2.24) is 0 Å². The van der Waals surface area contributed by atoms with Gasteiger partial charge in [0.25, 0.3) is 0 Å². The zero-order valence-electron chi connectivity index (χ0n) is 15.4. The highest BCUT2D eigenvalue weighted by molar-refractivity contribution is 5.72. The van der Waals surface area contributed by atoms with Crippen molar-refractivity contribution in [3.63, 3.8) is 0 Å². The Hall–Kier alpha value is -0.570. The lowest BCUT2D eigenvalue weighted by Gasteiger charge is -2.60. The first kappa shape index (κ1) is 15.9. The lowest BCUT2D eigenvalue weighted by atomic mass is 9.45. The molecule has 130 valence electrons. The molecule has 4 aliphatic rings. The third kappa shape index (κ3) is 2.01. The Morgan fingerprint density at radius 3 is 2.43 bits per heavy atom. The molecular weight excluding hydrogens is 288 g/mol. The molecule has 0 bridgehead atoms. The molecule has 0 N–H and O–H groups in total. The van der Waals surface area contributed by atoms with Crippen LogP contribution in [0.4, 0.5) is 0 Å². The van der Waals surface area contributed by atoms with E-state index in [0.717, 1.165) is 18.8 Å². The SMILES string of the molecule is C[C@H]1CC(=O)O[C@@]12C[C@@H]1[C@@]3(C)CCCC(C)(C)[C@@H]3CC[C@@]1(C)O2. The van der Waals surface area contributed by atoms with Crippen LogP contribution in [0.2, 0.25) is 0 Å². The third-order valence-electron chi connectivity index (χ3n) is 8.14. The van der Waals surface area contributed by atoms with Crippen molar-refractivity contribution in [2.75, 3.05) is 0 Å². The number of esters is 1. The largest absolute Gasteiger partial charge is 0.433 e. The quantitative estimate of drug-likeness (QED) is 0.608. The lowest BCUT2D eigenvalue weighted by molar-refractivity contribution is -0.248. The first-order valence-corrected chi connectivity index (χ1v) is 9.53. The van der Waals surface area contributed by atoms with Crippen LogP contribution in [0.3, 0.4) is 0 Å². The Kier molecular flexibility index (Phi) is 3.14. The smallest absolute Gasteiger partial charge is 0.308 e. The summed E-state index contributed by atoms with van der Waals surface area (Å²) >= 11 is 0. The van der Waals surface area contributed by atoms with Crippen molar-refractivity contribution in [3.8, 4) is 0 Å². The van der Waals surface area contributed by atoms with Gasteiger partial charge in [0.15, 0.2) is 0 Å². The summed E-state index contributed by atoms with van der Waals surface area (Å²) in [5.74, 6) is 0.715. The summed E-state index contributed by atoms with van der Waals surface area (Å²) < 4.78 is 12.4. The molecular formula is C20H32O3. The molecule has 0 aromatic heterocycles. The van der Waals surface area contributed by atoms with E-state index in [2.05, 4.69) is 34.6 Å². The Morgan fingerprint density at radius 2 is 1.78 bits per heavy atom. The Bertz CT molecular complexity index is 541. The molecule has 0 aromatic carbocycles. The number of hydrogen-bond acceptors (Lipinski definition) is 3. The Morgan fingerprint density at radius 1 is 1.04 bits per heavy atom. The minimum Gasteiger partial charge on any atom is -0.433 e. The van der Waals surface area contributed by atoms with E-state index in [1.807, 2.05) is 0 Å². The van der Waals surface area contributed by atoms with Crippen LogP contribution in [0.15, 0.2) is 0 Å². The standard InChI is InChI=1S/C20H32O3/c1-13-11-16(21)22-20(13)12-15-18(4)9-6-8-17(2,3)14(18)7-10-19(15,5)23-20/h13-15H,6-12H2,1-5H3/t13-,14-,15+,18-,19+,20+/m0/s1. The van der Waals surface area contributed by atoms with Crippen LogP contribution >= 0.6 is 0 Å². The highest BCUT2D eigenvalue weighted by atomic mass is 16.7. The van der Waals surface area contributed by atoms with Gasteiger partial charge in [-0.3, -0.25) is 4.79 Å². The van der Waals surface area contributed by atoms with E-state index in [1.54, 1.807) is 0 Å². The Balaban J connectivity index is 1.72. The number of carbonyl (C=O) groups excluding carboxylic acids is 1. The van der Waals surface area contributed by atoms with Gasteiger partial charge in [0.1, 0.15) is 0 Å². The predicted octanol–water partition coefficient (Wildman–Crippen LogP) is 4.69. The number of ether oxygens (including phenoxy) is 2. The molecule has 0 unspecified atom stereocenters. The van der Waals surface area contributed by atoms with Gasteiger partial charge in [0.2, 0.25) is 5.79 Å². The number of carbonyl (C=O) groups is 1. The minimum absolute atomic E-state index is 0.0783. The van der Waals surface area contributed by atoms with Crippen molar-refractivity contribution in [3.05, 3.63) is 0 Å². The molecule has 3 heteroatoms. The van der Waals surface area contributed by atoms with Gasteiger partial charge in [0.05, 0.1) is 12.0 Å². The second-order valence-corrected chi connectivity index (χ2v) is 10.0. The molecule has 3 nitrogen and oxygen atoms in total. The van der Waals surface area contributed by atoms with Crippen molar-refractivity contribution >= 4 is 5.97 Å². The fourth-order valence-corrected chi connectivity index (χ4v) is 7.00. The summed E-state index contributed by atoms with van der Waals surface area (Å²) in [5, 5.41) is 0. The first-order chi connectivity index (χ1) is 10.6. The van der Waals surface area contributed by atoms with Gasteiger partial charge in [0, 0.05) is 12.3 Å². The maximum atomic E-state index is 11.9. The minimum atomic E-state index is -0.643. The third-order valence-corrected chi connectivity index (χ3v) is 8.14. The maximum absolute atomic E-state index is 11.9. The molecule has 1 spiro atoms. The lowest BCUT2D eigenvalue weighted by Crippen LogP contribution is -2.55. The zero-order chi connectivity index (χ0) is 16.7. The van der Waals surface area contributed by atoms with Crippen LogP contribution in [0.1, 0.15) is 79.6 Å². The average Bonchev–Trinajstić information content (AvgIpc) is 2.86. The van der Waals surface area contributed by atoms with E-state index in [-0.39, 0.29) is 17.5 Å². The molecule has 2 saturated heterocycles. The molecule has 0 radical (unpaired) electrons. The number of fused-ring (bicyclic) bond motifs is 3. The van der Waals surface area contributed by atoms with E-state index < -0.39 is 5.79 Å². The van der Waals surface area contributed by atoms with Gasteiger partial charge in [-0.25, -0.2) is 0 Å². The van der Waals surface area contributed by atoms with Gasteiger partial charge in [-0.1, -0.05) is 34.1 Å². The normalized spacial score (nSPS) is 54.7. The van der Waals surface area contributed by atoms with Gasteiger partial charge < -0.3 is 9.47 Å². The maximum Gasteiger partial charge on any atom is 0.308 e. The van der Waals surface area contributed by atoms with Gasteiger partial charge in [-0.05, 0) is 55.3 Å². The van der Waals surface area contributed by atoms with E-state index in [9.17, 15) is 4.79 Å². The summed E-state index contributed by atoms with van der Waals surface area (Å²) in [6, 6.07) is 0. The Labute approximate surface area is 140 Å². The molecule has 4 fully saturated rings. The van der Waals surface area contributed by atoms with E-state index >= 15 is 0 Å². The van der Waals surface area contributed by atoms with Crippen molar-refractivity contribution in [2.45, 2.75) is 91.0 Å². The average molecular weight is 320 g/mol. The first-order valence-electron chi connectivity index (χ1n) is 9.53. The van der Waals surface area contributed by atoms with Crippen LogP contribution in [0.5, 0.6) is 0 Å². The predicted molar refractivity (Wildman–Crippen MR) is 88.7 cm³/mol. The summed E-state index contributed by atoms with van der Waals surface area (Å²) in [6.07, 6.45) is 7.71. The topological polar surface area (TPSA) is 35.5 Å². The molecule has 4 rings (SSSR count). The van der Waals surface area contributed by atoms with Crippen LogP contribution in [-0.2, 0) is 14.3 Å². The highest BCUT2D eigenvalue weighted by Crippen LogP contribution is 2.68. The fraction of sp³-hybridized carbons (Fsp3) is 0.950. The molecule has 2 heterocycles. The molecule has 2 aliphatic carbocycles. The summed E-state index contributed by atoms with van der Waals surface area (Å²) in [6.45, 7) is 11.8. The summed E-state index contributed by atoms with van der Waals surface area (Å²) in [7, 11) is 0. The van der Waals surface area contributed by atoms with E-state index in [0.29, 0.717) is 23.2 Å².